The van der Waals surface area contributed by atoms with E-state index in [-0.39, 0.29) is 5.41 Å². The first-order chi connectivity index (χ1) is 9.34. The standard InChI is InChI=1S/C13H18BrN5O/c1-8-16-10(19-20-8)5-6-15-11-7-9(14)17-12(18-11)13(2,3)4/h7H,5-6H2,1-4H3,(H,15,17,18). The summed E-state index contributed by atoms with van der Waals surface area (Å²) in [6, 6.07) is 1.86. The van der Waals surface area contributed by atoms with E-state index >= 15 is 0 Å². The Bertz CT molecular complexity index is 591. The molecule has 0 spiro atoms. The van der Waals surface area contributed by atoms with Gasteiger partial charge in [0.15, 0.2) is 5.82 Å². The zero-order valence-electron chi connectivity index (χ0n) is 12.1. The molecule has 0 aliphatic carbocycles. The van der Waals surface area contributed by atoms with Crippen LogP contribution in [0.4, 0.5) is 5.82 Å². The number of aromatic nitrogens is 4. The van der Waals surface area contributed by atoms with Gasteiger partial charge in [-0.25, -0.2) is 9.97 Å². The molecular formula is C13H18BrN5O. The van der Waals surface area contributed by atoms with Crippen molar-refractivity contribution < 1.29 is 4.52 Å². The Kier molecular flexibility index (Phi) is 4.37. The Morgan fingerprint density at radius 3 is 2.60 bits per heavy atom. The maximum absolute atomic E-state index is 4.93. The second-order valence-electron chi connectivity index (χ2n) is 5.56. The summed E-state index contributed by atoms with van der Waals surface area (Å²) in [4.78, 5) is 13.1. The highest BCUT2D eigenvalue weighted by atomic mass is 79.9. The van der Waals surface area contributed by atoms with Crippen LogP contribution in [0.15, 0.2) is 15.2 Å². The van der Waals surface area contributed by atoms with Gasteiger partial charge in [-0.2, -0.15) is 4.98 Å². The van der Waals surface area contributed by atoms with E-state index in [2.05, 4.69) is 62.1 Å². The fourth-order valence-electron chi connectivity index (χ4n) is 1.59. The second kappa shape index (κ2) is 5.87. The molecule has 0 bridgehead atoms. The number of nitrogens with one attached hydrogen (secondary N) is 1. The molecule has 0 aliphatic heterocycles. The van der Waals surface area contributed by atoms with E-state index in [4.69, 9.17) is 4.52 Å². The van der Waals surface area contributed by atoms with Crippen LogP contribution in [0.2, 0.25) is 0 Å². The van der Waals surface area contributed by atoms with Gasteiger partial charge in [0.1, 0.15) is 16.2 Å². The number of anilines is 1. The van der Waals surface area contributed by atoms with Crippen molar-refractivity contribution in [3.63, 3.8) is 0 Å². The summed E-state index contributed by atoms with van der Waals surface area (Å²) in [5.41, 5.74) is -0.0923. The molecular weight excluding hydrogens is 322 g/mol. The predicted molar refractivity (Wildman–Crippen MR) is 79.7 cm³/mol. The number of aryl methyl sites for hydroxylation is 1. The van der Waals surface area contributed by atoms with Crippen molar-refractivity contribution in [1.82, 2.24) is 20.1 Å². The molecule has 0 atom stereocenters. The Morgan fingerprint density at radius 1 is 1.25 bits per heavy atom. The summed E-state index contributed by atoms with van der Waals surface area (Å²) in [5, 5.41) is 7.11. The number of halogens is 1. The van der Waals surface area contributed by atoms with E-state index in [1.165, 1.54) is 0 Å². The lowest BCUT2D eigenvalue weighted by molar-refractivity contribution is 0.387. The van der Waals surface area contributed by atoms with Crippen molar-refractivity contribution in [3.8, 4) is 0 Å². The van der Waals surface area contributed by atoms with Crippen LogP contribution < -0.4 is 5.32 Å². The van der Waals surface area contributed by atoms with Crippen molar-refractivity contribution in [2.75, 3.05) is 11.9 Å². The molecule has 0 saturated heterocycles. The van der Waals surface area contributed by atoms with E-state index in [0.29, 0.717) is 24.7 Å². The van der Waals surface area contributed by atoms with Gasteiger partial charge in [-0.1, -0.05) is 25.9 Å². The van der Waals surface area contributed by atoms with Gasteiger partial charge >= 0.3 is 0 Å². The lowest BCUT2D eigenvalue weighted by atomic mass is 9.96. The van der Waals surface area contributed by atoms with Crippen molar-refractivity contribution >= 4 is 21.7 Å². The van der Waals surface area contributed by atoms with Crippen LogP contribution in [0.25, 0.3) is 0 Å². The minimum Gasteiger partial charge on any atom is -0.369 e. The third kappa shape index (κ3) is 4.00. The molecule has 1 N–H and O–H groups in total. The molecule has 7 heteroatoms. The van der Waals surface area contributed by atoms with Crippen molar-refractivity contribution in [2.24, 2.45) is 0 Å². The van der Waals surface area contributed by atoms with Gasteiger partial charge in [0.2, 0.25) is 5.89 Å². The van der Waals surface area contributed by atoms with E-state index in [1.807, 2.05) is 6.07 Å². The van der Waals surface area contributed by atoms with Crippen molar-refractivity contribution in [1.29, 1.82) is 0 Å². The highest BCUT2D eigenvalue weighted by Gasteiger charge is 2.18. The topological polar surface area (TPSA) is 76.7 Å². The third-order valence-electron chi connectivity index (χ3n) is 2.59. The van der Waals surface area contributed by atoms with E-state index in [1.54, 1.807) is 6.92 Å². The average molecular weight is 340 g/mol. The van der Waals surface area contributed by atoms with E-state index in [0.717, 1.165) is 16.2 Å². The lowest BCUT2D eigenvalue weighted by Crippen LogP contribution is -2.18. The molecule has 20 heavy (non-hydrogen) atoms. The molecule has 2 aromatic heterocycles. The summed E-state index contributed by atoms with van der Waals surface area (Å²) in [6.07, 6.45) is 0.684. The SMILES string of the molecule is Cc1nc(CCNc2cc(Br)nc(C(C)(C)C)n2)no1. The molecule has 0 aliphatic rings. The van der Waals surface area contributed by atoms with E-state index in [9.17, 15) is 0 Å². The first-order valence-corrected chi connectivity index (χ1v) is 7.22. The van der Waals surface area contributed by atoms with Crippen molar-refractivity contribution in [2.45, 2.75) is 39.5 Å². The van der Waals surface area contributed by atoms with Crippen LogP contribution in [-0.2, 0) is 11.8 Å². The smallest absolute Gasteiger partial charge is 0.223 e. The normalized spacial score (nSPS) is 11.7. The largest absolute Gasteiger partial charge is 0.369 e. The first kappa shape index (κ1) is 14.9. The Morgan fingerprint density at radius 2 is 2.00 bits per heavy atom. The van der Waals surface area contributed by atoms with Crippen molar-refractivity contribution in [3.05, 3.63) is 28.2 Å². The quantitative estimate of drug-likeness (QED) is 0.863. The molecule has 2 rings (SSSR count). The summed E-state index contributed by atoms with van der Waals surface area (Å²) < 4.78 is 5.70. The Labute approximate surface area is 126 Å². The summed E-state index contributed by atoms with van der Waals surface area (Å²) in [5.74, 6) is 2.86. The van der Waals surface area contributed by atoms with E-state index < -0.39 is 0 Å². The van der Waals surface area contributed by atoms with Crippen LogP contribution in [0.5, 0.6) is 0 Å². The highest BCUT2D eigenvalue weighted by Crippen LogP contribution is 2.22. The molecule has 0 unspecified atom stereocenters. The summed E-state index contributed by atoms with van der Waals surface area (Å²) in [6.45, 7) is 8.72. The number of hydrogen-bond acceptors (Lipinski definition) is 6. The maximum Gasteiger partial charge on any atom is 0.223 e. The second-order valence-corrected chi connectivity index (χ2v) is 6.37. The minimum absolute atomic E-state index is 0.0923. The molecule has 0 radical (unpaired) electrons. The first-order valence-electron chi connectivity index (χ1n) is 6.43. The van der Waals surface area contributed by atoms with Crippen LogP contribution in [0.3, 0.4) is 0 Å². The molecule has 2 heterocycles. The monoisotopic (exact) mass is 339 g/mol. The van der Waals surface area contributed by atoms with Gasteiger partial charge < -0.3 is 9.84 Å². The molecule has 0 fully saturated rings. The number of nitrogens with zero attached hydrogens (tertiary/aromatic N) is 4. The lowest BCUT2D eigenvalue weighted by Gasteiger charge is -2.17. The van der Waals surface area contributed by atoms with Crippen LogP contribution in [-0.4, -0.2) is 26.7 Å². The predicted octanol–water partition coefficient (Wildman–Crippen LogP) is 2.88. The third-order valence-corrected chi connectivity index (χ3v) is 3.00. The van der Waals surface area contributed by atoms with Gasteiger partial charge in [0.05, 0.1) is 0 Å². The summed E-state index contributed by atoms with van der Waals surface area (Å²) in [7, 11) is 0. The van der Waals surface area contributed by atoms with Gasteiger partial charge in [0.25, 0.3) is 0 Å². The molecule has 6 nitrogen and oxygen atoms in total. The summed E-state index contributed by atoms with van der Waals surface area (Å²) >= 11 is 3.41. The molecule has 0 amide bonds. The van der Waals surface area contributed by atoms with Crippen LogP contribution in [0.1, 0.15) is 38.3 Å². The molecule has 108 valence electrons. The van der Waals surface area contributed by atoms with Gasteiger partial charge in [-0.15, -0.1) is 0 Å². The fraction of sp³-hybridized carbons (Fsp3) is 0.538. The maximum atomic E-state index is 4.93. The zero-order chi connectivity index (χ0) is 14.8. The zero-order valence-corrected chi connectivity index (χ0v) is 13.7. The Balaban J connectivity index is 2.00. The van der Waals surface area contributed by atoms with Gasteiger partial charge in [-0.3, -0.25) is 0 Å². The fourth-order valence-corrected chi connectivity index (χ4v) is 1.97. The number of rotatable bonds is 4. The Hall–Kier alpha value is -1.50. The highest BCUT2D eigenvalue weighted by molar-refractivity contribution is 9.10. The minimum atomic E-state index is -0.0923. The van der Waals surface area contributed by atoms with Gasteiger partial charge in [-0.05, 0) is 15.9 Å². The number of hydrogen-bond donors (Lipinski definition) is 1. The molecule has 0 saturated carbocycles. The average Bonchev–Trinajstić information content (AvgIpc) is 2.73. The molecule has 0 aromatic carbocycles. The molecule has 2 aromatic rings. The van der Waals surface area contributed by atoms with Crippen LogP contribution in [0, 0.1) is 6.92 Å². The van der Waals surface area contributed by atoms with Crippen LogP contribution >= 0.6 is 15.9 Å². The van der Waals surface area contributed by atoms with Gasteiger partial charge in [0, 0.05) is 31.4 Å².